The van der Waals surface area contributed by atoms with Crippen LogP contribution in [0, 0.1) is 0 Å². The number of nitrogens with two attached hydrogens (primary N) is 1. The third kappa shape index (κ3) is 5.27. The number of anilines is 2. The summed E-state index contributed by atoms with van der Waals surface area (Å²) in [4.78, 5) is 26.1. The monoisotopic (exact) mass is 349 g/mol. The Bertz CT molecular complexity index is 640. The summed E-state index contributed by atoms with van der Waals surface area (Å²) in [6, 6.07) is 5.14. The second-order valence-electron chi connectivity index (χ2n) is 7.20. The molecule has 1 aliphatic rings. The summed E-state index contributed by atoms with van der Waals surface area (Å²) in [5.41, 5.74) is 6.96. The first-order valence-corrected chi connectivity index (χ1v) is 8.42. The highest BCUT2D eigenvalue weighted by molar-refractivity contribution is 5.97. The third-order valence-corrected chi connectivity index (χ3v) is 3.91. The van der Waals surface area contributed by atoms with Crippen LogP contribution in [0.15, 0.2) is 18.2 Å². The largest absolute Gasteiger partial charge is 0.465 e. The maximum absolute atomic E-state index is 12.1. The maximum Gasteiger partial charge on any atom is 0.407 e. The fraction of sp³-hybridized carbons (Fsp3) is 0.556. The molecule has 1 atom stereocenters. The van der Waals surface area contributed by atoms with Gasteiger partial charge in [-0.05, 0) is 51.8 Å². The first-order valence-electron chi connectivity index (χ1n) is 8.42. The van der Waals surface area contributed by atoms with Gasteiger partial charge in [-0.25, -0.2) is 9.59 Å². The van der Waals surface area contributed by atoms with Gasteiger partial charge in [0.15, 0.2) is 0 Å². The molecule has 1 aromatic rings. The van der Waals surface area contributed by atoms with Crippen LogP contribution in [0.3, 0.4) is 0 Å². The van der Waals surface area contributed by atoms with Crippen LogP contribution >= 0.6 is 0 Å². The molecular weight excluding hydrogens is 322 g/mol. The molecule has 0 aliphatic carbocycles. The van der Waals surface area contributed by atoms with E-state index in [4.69, 9.17) is 15.2 Å². The van der Waals surface area contributed by atoms with Crippen molar-refractivity contribution in [2.24, 2.45) is 0 Å². The molecule has 1 amide bonds. The molecule has 0 radical (unpaired) electrons. The Hall–Kier alpha value is -2.44. The van der Waals surface area contributed by atoms with Gasteiger partial charge < -0.3 is 25.4 Å². The van der Waals surface area contributed by atoms with E-state index in [-0.39, 0.29) is 6.04 Å². The molecular formula is C18H27N3O4. The average molecular weight is 349 g/mol. The molecule has 7 heteroatoms. The van der Waals surface area contributed by atoms with Crippen molar-refractivity contribution in [3.63, 3.8) is 0 Å². The van der Waals surface area contributed by atoms with Gasteiger partial charge in [0.1, 0.15) is 5.60 Å². The molecule has 3 N–H and O–H groups in total. The summed E-state index contributed by atoms with van der Waals surface area (Å²) in [5, 5.41) is 2.91. The van der Waals surface area contributed by atoms with E-state index < -0.39 is 17.7 Å². The number of carbonyl (C=O) groups excluding carboxylic acids is 2. The molecule has 1 aliphatic heterocycles. The van der Waals surface area contributed by atoms with E-state index in [2.05, 4.69) is 10.2 Å². The molecule has 25 heavy (non-hydrogen) atoms. The summed E-state index contributed by atoms with van der Waals surface area (Å²) >= 11 is 0. The number of hydrogen-bond acceptors (Lipinski definition) is 6. The van der Waals surface area contributed by atoms with Crippen molar-refractivity contribution in [3.05, 3.63) is 23.8 Å². The van der Waals surface area contributed by atoms with Gasteiger partial charge >= 0.3 is 12.1 Å². The number of benzene rings is 1. The van der Waals surface area contributed by atoms with Crippen LogP contribution in [0.25, 0.3) is 0 Å². The van der Waals surface area contributed by atoms with E-state index >= 15 is 0 Å². The van der Waals surface area contributed by atoms with Crippen LogP contribution in [-0.4, -0.2) is 43.9 Å². The second kappa shape index (κ2) is 7.63. The lowest BCUT2D eigenvalue weighted by atomic mass is 10.0. The zero-order valence-corrected chi connectivity index (χ0v) is 15.3. The van der Waals surface area contributed by atoms with Gasteiger partial charge in [0, 0.05) is 24.8 Å². The Morgan fingerprint density at radius 3 is 2.68 bits per heavy atom. The van der Waals surface area contributed by atoms with Crippen LogP contribution in [0.4, 0.5) is 16.2 Å². The minimum atomic E-state index is -0.534. The van der Waals surface area contributed by atoms with E-state index in [9.17, 15) is 9.59 Å². The minimum absolute atomic E-state index is 0.0494. The zero-order valence-electron chi connectivity index (χ0n) is 15.3. The van der Waals surface area contributed by atoms with Crippen molar-refractivity contribution in [3.8, 4) is 0 Å². The number of alkyl carbamates (subject to hydrolysis) is 1. The molecule has 1 heterocycles. The summed E-state index contributed by atoms with van der Waals surface area (Å²) < 4.78 is 10.2. The van der Waals surface area contributed by atoms with Gasteiger partial charge in [-0.15, -0.1) is 0 Å². The summed E-state index contributed by atoms with van der Waals surface area (Å²) in [7, 11) is 1.35. The predicted octanol–water partition coefficient (Wildman–Crippen LogP) is 2.55. The number of esters is 1. The number of rotatable bonds is 3. The van der Waals surface area contributed by atoms with Crippen molar-refractivity contribution in [1.29, 1.82) is 0 Å². The van der Waals surface area contributed by atoms with Gasteiger partial charge in [0.25, 0.3) is 0 Å². The van der Waals surface area contributed by atoms with Crippen LogP contribution < -0.4 is 16.0 Å². The fourth-order valence-corrected chi connectivity index (χ4v) is 2.89. The summed E-state index contributed by atoms with van der Waals surface area (Å²) in [6.07, 6.45) is 1.33. The van der Waals surface area contributed by atoms with E-state index in [0.29, 0.717) is 17.8 Å². The Balaban J connectivity index is 2.11. The van der Waals surface area contributed by atoms with E-state index in [0.717, 1.165) is 25.1 Å². The molecule has 0 saturated carbocycles. The minimum Gasteiger partial charge on any atom is -0.465 e. The molecule has 2 rings (SSSR count). The topological polar surface area (TPSA) is 93.9 Å². The maximum atomic E-state index is 12.1. The number of hydrogen-bond donors (Lipinski definition) is 2. The highest BCUT2D eigenvalue weighted by Crippen LogP contribution is 2.27. The van der Waals surface area contributed by atoms with Gasteiger partial charge in [-0.2, -0.15) is 0 Å². The van der Waals surface area contributed by atoms with Gasteiger partial charge in [-0.1, -0.05) is 0 Å². The number of nitrogens with one attached hydrogen (secondary N) is 1. The van der Waals surface area contributed by atoms with Gasteiger partial charge in [-0.3, -0.25) is 0 Å². The van der Waals surface area contributed by atoms with Crippen LogP contribution in [0.1, 0.15) is 44.0 Å². The van der Waals surface area contributed by atoms with Crippen molar-refractivity contribution < 1.29 is 19.1 Å². The zero-order chi connectivity index (χ0) is 18.6. The summed E-state index contributed by atoms with van der Waals surface area (Å²) in [5.74, 6) is -0.426. The van der Waals surface area contributed by atoms with E-state index in [1.54, 1.807) is 12.1 Å². The number of ether oxygens (including phenoxy) is 2. The number of nitrogens with zero attached hydrogens (tertiary/aromatic N) is 1. The highest BCUT2D eigenvalue weighted by Gasteiger charge is 2.26. The number of methoxy groups -OCH3 is 1. The van der Waals surface area contributed by atoms with Crippen LogP contribution in [0.5, 0.6) is 0 Å². The van der Waals surface area contributed by atoms with Crippen LogP contribution in [-0.2, 0) is 9.47 Å². The molecule has 1 aromatic carbocycles. The Morgan fingerprint density at radius 1 is 1.32 bits per heavy atom. The normalized spacial score (nSPS) is 17.8. The van der Waals surface area contributed by atoms with Crippen molar-refractivity contribution in [2.45, 2.75) is 45.3 Å². The molecule has 0 bridgehead atoms. The van der Waals surface area contributed by atoms with Gasteiger partial charge in [0.2, 0.25) is 0 Å². The first kappa shape index (κ1) is 18.9. The molecule has 1 saturated heterocycles. The smallest absolute Gasteiger partial charge is 0.407 e. The molecule has 0 aromatic heterocycles. The number of amides is 1. The number of piperidine rings is 1. The summed E-state index contributed by atoms with van der Waals surface area (Å²) in [6.45, 7) is 6.87. The SMILES string of the molecule is COC(=O)c1cc(N)ccc1N1CCC[C@H](NC(=O)OC(C)(C)C)C1. The lowest BCUT2D eigenvalue weighted by molar-refractivity contribution is 0.0498. The Kier molecular flexibility index (Phi) is 5.77. The fourth-order valence-electron chi connectivity index (χ4n) is 2.89. The number of nitrogen functional groups attached to an aromatic ring is 1. The molecule has 7 nitrogen and oxygen atoms in total. The highest BCUT2D eigenvalue weighted by atomic mass is 16.6. The lowest BCUT2D eigenvalue weighted by Crippen LogP contribution is -2.49. The van der Waals surface area contributed by atoms with Crippen molar-refractivity contribution >= 4 is 23.4 Å². The quantitative estimate of drug-likeness (QED) is 0.643. The molecule has 1 fully saturated rings. The standard InChI is InChI=1S/C18H27N3O4/c1-18(2,3)25-17(23)20-13-6-5-9-21(11-13)15-8-7-12(19)10-14(15)16(22)24-4/h7-8,10,13H,5-6,9,11,19H2,1-4H3,(H,20,23)/t13-/m0/s1. The van der Waals surface area contributed by atoms with Crippen LogP contribution in [0.2, 0.25) is 0 Å². The van der Waals surface area contributed by atoms with Gasteiger partial charge in [0.05, 0.1) is 18.4 Å². The molecule has 138 valence electrons. The molecule has 0 spiro atoms. The molecule has 0 unspecified atom stereocenters. The van der Waals surface area contributed by atoms with Crippen molar-refractivity contribution in [1.82, 2.24) is 5.32 Å². The average Bonchev–Trinajstić information content (AvgIpc) is 2.52. The van der Waals surface area contributed by atoms with E-state index in [1.807, 2.05) is 26.8 Å². The predicted molar refractivity (Wildman–Crippen MR) is 96.8 cm³/mol. The third-order valence-electron chi connectivity index (χ3n) is 3.91. The second-order valence-corrected chi connectivity index (χ2v) is 7.20. The van der Waals surface area contributed by atoms with E-state index in [1.165, 1.54) is 7.11 Å². The Morgan fingerprint density at radius 2 is 2.04 bits per heavy atom. The Labute approximate surface area is 148 Å². The first-order chi connectivity index (χ1) is 11.7. The van der Waals surface area contributed by atoms with Crippen molar-refractivity contribution in [2.75, 3.05) is 30.8 Å². The number of carbonyl (C=O) groups is 2. The lowest BCUT2D eigenvalue weighted by Gasteiger charge is -2.35.